The number of nitrogens with zero attached hydrogens (tertiary/aromatic N) is 1. The van der Waals surface area contributed by atoms with Crippen molar-refractivity contribution in [3.05, 3.63) is 30.3 Å². The van der Waals surface area contributed by atoms with E-state index < -0.39 is 0 Å². The van der Waals surface area contributed by atoms with Gasteiger partial charge in [-0.1, -0.05) is 24.6 Å². The van der Waals surface area contributed by atoms with Crippen molar-refractivity contribution >= 4 is 11.7 Å². The maximum absolute atomic E-state index is 11.9. The third-order valence-corrected chi connectivity index (χ3v) is 3.51. The smallest absolute Gasteiger partial charge is 0.319 e. The Morgan fingerprint density at radius 2 is 1.90 bits per heavy atom. The van der Waals surface area contributed by atoms with Crippen LogP contribution >= 0.6 is 0 Å². The third-order valence-electron chi connectivity index (χ3n) is 3.51. The van der Waals surface area contributed by atoms with Gasteiger partial charge in [-0.15, -0.1) is 0 Å². The molecule has 20 heavy (non-hydrogen) atoms. The Kier molecular flexibility index (Phi) is 5.83. The Morgan fingerprint density at radius 3 is 2.55 bits per heavy atom. The molecular weight excluding hydrogens is 254 g/mol. The highest BCUT2D eigenvalue weighted by Crippen LogP contribution is 2.09. The molecule has 1 aliphatic heterocycles. The number of likely N-dealkylation sites (tertiary alicyclic amines) is 1. The van der Waals surface area contributed by atoms with E-state index in [1.807, 2.05) is 30.3 Å². The molecule has 1 saturated heterocycles. The lowest BCUT2D eigenvalue weighted by Crippen LogP contribution is -2.48. The summed E-state index contributed by atoms with van der Waals surface area (Å²) in [6.07, 6.45) is 3.69. The minimum absolute atomic E-state index is 0.0429. The lowest BCUT2D eigenvalue weighted by atomic mass is 10.1. The zero-order valence-electron chi connectivity index (χ0n) is 11.7. The second-order valence-corrected chi connectivity index (χ2v) is 5.21. The first-order valence-corrected chi connectivity index (χ1v) is 7.23. The minimum atomic E-state index is -0.271. The van der Waals surface area contributed by atoms with Gasteiger partial charge in [-0.05, 0) is 38.1 Å². The van der Waals surface area contributed by atoms with Gasteiger partial charge in [0.25, 0.3) is 0 Å². The van der Waals surface area contributed by atoms with Gasteiger partial charge < -0.3 is 20.6 Å². The highest BCUT2D eigenvalue weighted by molar-refractivity contribution is 5.89. The van der Waals surface area contributed by atoms with Crippen LogP contribution in [0.15, 0.2) is 30.3 Å². The number of aliphatic hydroxyl groups is 1. The van der Waals surface area contributed by atoms with Crippen molar-refractivity contribution < 1.29 is 9.90 Å². The Bertz CT molecular complexity index is 405. The van der Waals surface area contributed by atoms with Gasteiger partial charge in [0.1, 0.15) is 0 Å². The zero-order valence-corrected chi connectivity index (χ0v) is 11.7. The van der Waals surface area contributed by atoms with E-state index in [4.69, 9.17) is 0 Å². The van der Waals surface area contributed by atoms with Crippen LogP contribution in [0.25, 0.3) is 0 Å². The fourth-order valence-electron chi connectivity index (χ4n) is 2.48. The Morgan fingerprint density at radius 1 is 1.20 bits per heavy atom. The molecule has 5 heteroatoms. The van der Waals surface area contributed by atoms with Crippen molar-refractivity contribution in [2.75, 3.05) is 31.6 Å². The predicted octanol–water partition coefficient (Wildman–Crippen LogP) is 1.65. The number of anilines is 1. The first-order valence-electron chi connectivity index (χ1n) is 7.23. The van der Waals surface area contributed by atoms with Gasteiger partial charge in [0, 0.05) is 12.2 Å². The van der Waals surface area contributed by atoms with Crippen LogP contribution in [0.3, 0.4) is 0 Å². The minimum Gasteiger partial charge on any atom is -0.394 e. The number of carbonyl (C=O) groups excluding carboxylic acids is 1. The summed E-state index contributed by atoms with van der Waals surface area (Å²) in [5.74, 6) is 0. The van der Waals surface area contributed by atoms with Gasteiger partial charge >= 0.3 is 6.03 Å². The average Bonchev–Trinajstić information content (AvgIpc) is 2.48. The fourth-order valence-corrected chi connectivity index (χ4v) is 2.48. The van der Waals surface area contributed by atoms with Crippen LogP contribution < -0.4 is 10.6 Å². The second kappa shape index (κ2) is 7.87. The van der Waals surface area contributed by atoms with Crippen molar-refractivity contribution in [3.8, 4) is 0 Å². The van der Waals surface area contributed by atoms with E-state index >= 15 is 0 Å². The number of piperidine rings is 1. The molecule has 2 rings (SSSR count). The molecule has 2 amide bonds. The van der Waals surface area contributed by atoms with E-state index in [0.717, 1.165) is 18.8 Å². The molecule has 110 valence electrons. The van der Waals surface area contributed by atoms with Gasteiger partial charge in [0.15, 0.2) is 0 Å². The number of aliphatic hydroxyl groups excluding tert-OH is 1. The summed E-state index contributed by atoms with van der Waals surface area (Å²) in [5.41, 5.74) is 0.750. The number of hydrogen-bond acceptors (Lipinski definition) is 3. The van der Waals surface area contributed by atoms with Gasteiger partial charge in [-0.2, -0.15) is 0 Å². The maximum Gasteiger partial charge on any atom is 0.319 e. The number of rotatable bonds is 5. The molecule has 1 aromatic carbocycles. The summed E-state index contributed by atoms with van der Waals surface area (Å²) < 4.78 is 0. The van der Waals surface area contributed by atoms with Crippen LogP contribution in [-0.2, 0) is 0 Å². The number of amides is 2. The van der Waals surface area contributed by atoms with Crippen molar-refractivity contribution in [2.45, 2.75) is 25.3 Å². The predicted molar refractivity (Wildman–Crippen MR) is 79.8 cm³/mol. The lowest BCUT2D eigenvalue weighted by Gasteiger charge is -2.30. The quantitative estimate of drug-likeness (QED) is 0.767. The number of urea groups is 1. The van der Waals surface area contributed by atoms with Crippen molar-refractivity contribution in [1.82, 2.24) is 10.2 Å². The number of nitrogens with one attached hydrogen (secondary N) is 2. The van der Waals surface area contributed by atoms with Crippen LogP contribution in [-0.4, -0.2) is 48.3 Å². The molecule has 5 nitrogen and oxygen atoms in total. The van der Waals surface area contributed by atoms with Gasteiger partial charge in [0.05, 0.1) is 12.6 Å². The van der Waals surface area contributed by atoms with E-state index in [-0.39, 0.29) is 18.7 Å². The topological polar surface area (TPSA) is 64.6 Å². The average molecular weight is 277 g/mol. The van der Waals surface area contributed by atoms with E-state index in [9.17, 15) is 9.90 Å². The largest absolute Gasteiger partial charge is 0.394 e. The standard InChI is InChI=1S/C15H23N3O2/c19-12-14(11-18-9-5-2-6-10-18)17-15(20)16-13-7-3-1-4-8-13/h1,3-4,7-8,14,19H,2,5-6,9-12H2,(H2,16,17,20). The Balaban J connectivity index is 1.78. The number of hydrogen-bond donors (Lipinski definition) is 3. The molecule has 0 saturated carbocycles. The summed E-state index contributed by atoms with van der Waals surface area (Å²) in [7, 11) is 0. The highest BCUT2D eigenvalue weighted by Gasteiger charge is 2.17. The molecule has 1 unspecified atom stereocenters. The molecule has 1 fully saturated rings. The number of benzene rings is 1. The zero-order chi connectivity index (χ0) is 14.2. The second-order valence-electron chi connectivity index (χ2n) is 5.21. The Labute approximate surface area is 120 Å². The molecule has 0 aliphatic carbocycles. The molecule has 0 radical (unpaired) electrons. The first-order chi connectivity index (χ1) is 9.78. The normalized spacial score (nSPS) is 17.4. The molecule has 1 aliphatic rings. The van der Waals surface area contributed by atoms with Crippen LogP contribution in [0.5, 0.6) is 0 Å². The lowest BCUT2D eigenvalue weighted by molar-refractivity contribution is 0.165. The summed E-state index contributed by atoms with van der Waals surface area (Å²) in [6, 6.07) is 8.80. The van der Waals surface area contributed by atoms with Gasteiger partial charge in [-0.25, -0.2) is 4.79 Å². The van der Waals surface area contributed by atoms with Crippen LogP contribution in [0.2, 0.25) is 0 Å². The number of para-hydroxylation sites is 1. The molecular formula is C15H23N3O2. The molecule has 0 spiro atoms. The third kappa shape index (κ3) is 4.83. The van der Waals surface area contributed by atoms with E-state index in [1.165, 1.54) is 19.3 Å². The van der Waals surface area contributed by atoms with Gasteiger partial charge in [-0.3, -0.25) is 0 Å². The van der Waals surface area contributed by atoms with E-state index in [1.54, 1.807) is 0 Å². The van der Waals surface area contributed by atoms with Crippen molar-refractivity contribution in [2.24, 2.45) is 0 Å². The highest BCUT2D eigenvalue weighted by atomic mass is 16.3. The summed E-state index contributed by atoms with van der Waals surface area (Å²) in [5, 5.41) is 15.0. The molecule has 0 aromatic heterocycles. The van der Waals surface area contributed by atoms with Gasteiger partial charge in [0.2, 0.25) is 0 Å². The molecule has 1 atom stereocenters. The van der Waals surface area contributed by atoms with Crippen LogP contribution in [0.1, 0.15) is 19.3 Å². The summed E-state index contributed by atoms with van der Waals surface area (Å²) >= 11 is 0. The van der Waals surface area contributed by atoms with Crippen molar-refractivity contribution in [1.29, 1.82) is 0 Å². The van der Waals surface area contributed by atoms with E-state index in [2.05, 4.69) is 15.5 Å². The molecule has 0 bridgehead atoms. The summed E-state index contributed by atoms with van der Waals surface area (Å²) in [6.45, 7) is 2.77. The molecule has 1 aromatic rings. The molecule has 1 heterocycles. The van der Waals surface area contributed by atoms with E-state index in [0.29, 0.717) is 6.54 Å². The summed E-state index contributed by atoms with van der Waals surface area (Å²) in [4.78, 5) is 14.2. The van der Waals surface area contributed by atoms with Crippen LogP contribution in [0, 0.1) is 0 Å². The maximum atomic E-state index is 11.9. The van der Waals surface area contributed by atoms with Crippen LogP contribution in [0.4, 0.5) is 10.5 Å². The fraction of sp³-hybridized carbons (Fsp3) is 0.533. The Hall–Kier alpha value is -1.59. The molecule has 3 N–H and O–H groups in total. The monoisotopic (exact) mass is 277 g/mol. The number of carbonyl (C=O) groups is 1. The SMILES string of the molecule is O=C(Nc1ccccc1)NC(CO)CN1CCCCC1. The van der Waals surface area contributed by atoms with Crippen molar-refractivity contribution in [3.63, 3.8) is 0 Å². The first kappa shape index (κ1) is 14.8.